The Morgan fingerprint density at radius 2 is 2.31 bits per heavy atom. The van der Waals surface area contributed by atoms with Crippen molar-refractivity contribution < 1.29 is 14.3 Å². The molecule has 0 bridgehead atoms. The van der Waals surface area contributed by atoms with Crippen molar-refractivity contribution in [1.29, 1.82) is 0 Å². The third-order valence-corrected chi connectivity index (χ3v) is 2.17. The molecule has 1 aliphatic heterocycles. The van der Waals surface area contributed by atoms with Crippen LogP contribution in [0.1, 0.15) is 12.8 Å². The second-order valence-electron chi connectivity index (χ2n) is 3.13. The van der Waals surface area contributed by atoms with Crippen LogP contribution in [0.4, 0.5) is 0 Å². The van der Waals surface area contributed by atoms with E-state index in [2.05, 4.69) is 9.64 Å². The maximum Gasteiger partial charge on any atom is 0.306 e. The van der Waals surface area contributed by atoms with E-state index in [1.54, 1.807) is 0 Å². The van der Waals surface area contributed by atoms with Gasteiger partial charge in [0.15, 0.2) is 0 Å². The van der Waals surface area contributed by atoms with E-state index in [1.807, 2.05) is 0 Å². The predicted octanol–water partition coefficient (Wildman–Crippen LogP) is 0.272. The van der Waals surface area contributed by atoms with Gasteiger partial charge in [0.25, 0.3) is 0 Å². The Hall–Kier alpha value is -0.610. The highest BCUT2D eigenvalue weighted by molar-refractivity contribution is 5.69. The van der Waals surface area contributed by atoms with E-state index in [4.69, 9.17) is 4.74 Å². The van der Waals surface area contributed by atoms with Crippen LogP contribution in [0, 0.1) is 0 Å². The highest BCUT2D eigenvalue weighted by atomic mass is 16.5. The largest absolute Gasteiger partial charge is 0.469 e. The lowest BCUT2D eigenvalue weighted by Crippen LogP contribution is -2.29. The van der Waals surface area contributed by atoms with Crippen molar-refractivity contribution in [3.8, 4) is 0 Å². The molecule has 4 heteroatoms. The van der Waals surface area contributed by atoms with E-state index in [1.165, 1.54) is 7.11 Å². The number of esters is 1. The van der Waals surface area contributed by atoms with Gasteiger partial charge in [-0.15, -0.1) is 0 Å². The van der Waals surface area contributed by atoms with Gasteiger partial charge in [-0.25, -0.2) is 0 Å². The quantitative estimate of drug-likeness (QED) is 0.595. The van der Waals surface area contributed by atoms with Gasteiger partial charge in [0, 0.05) is 26.2 Å². The van der Waals surface area contributed by atoms with Gasteiger partial charge in [0.1, 0.15) is 0 Å². The zero-order valence-corrected chi connectivity index (χ0v) is 8.12. The molecule has 0 radical (unpaired) electrons. The third-order valence-electron chi connectivity index (χ3n) is 2.17. The first-order valence-corrected chi connectivity index (χ1v) is 4.70. The zero-order valence-electron chi connectivity index (χ0n) is 8.12. The smallest absolute Gasteiger partial charge is 0.306 e. The summed E-state index contributed by atoms with van der Waals surface area (Å²) in [6.07, 6.45) is 1.54. The Morgan fingerprint density at radius 1 is 1.46 bits per heavy atom. The number of hydrogen-bond donors (Lipinski definition) is 0. The number of nitrogens with zero attached hydrogens (tertiary/aromatic N) is 1. The van der Waals surface area contributed by atoms with Gasteiger partial charge in [0.05, 0.1) is 20.1 Å². The second kappa shape index (κ2) is 5.94. The summed E-state index contributed by atoms with van der Waals surface area (Å²) in [5.74, 6) is -0.134. The molecule has 1 rings (SSSR count). The molecular weight excluding hydrogens is 170 g/mol. The van der Waals surface area contributed by atoms with E-state index >= 15 is 0 Å². The second-order valence-corrected chi connectivity index (χ2v) is 3.13. The number of carbonyl (C=O) groups is 1. The summed E-state index contributed by atoms with van der Waals surface area (Å²) in [5, 5.41) is 0. The summed E-state index contributed by atoms with van der Waals surface area (Å²) in [4.78, 5) is 13.1. The summed E-state index contributed by atoms with van der Waals surface area (Å²) in [5.41, 5.74) is 0. The fraction of sp³-hybridized carbons (Fsp3) is 0.889. The van der Waals surface area contributed by atoms with E-state index in [-0.39, 0.29) is 5.97 Å². The van der Waals surface area contributed by atoms with Gasteiger partial charge in [-0.05, 0) is 6.42 Å². The number of rotatable bonds is 3. The maximum absolute atomic E-state index is 10.9. The van der Waals surface area contributed by atoms with Gasteiger partial charge in [0.2, 0.25) is 0 Å². The molecule has 1 fully saturated rings. The molecule has 0 aliphatic carbocycles. The van der Waals surface area contributed by atoms with Crippen molar-refractivity contribution >= 4 is 5.97 Å². The van der Waals surface area contributed by atoms with Crippen molar-refractivity contribution in [2.75, 3.05) is 40.0 Å². The van der Waals surface area contributed by atoms with E-state index < -0.39 is 0 Å². The minimum absolute atomic E-state index is 0.134. The minimum Gasteiger partial charge on any atom is -0.469 e. The van der Waals surface area contributed by atoms with Crippen LogP contribution in [0.5, 0.6) is 0 Å². The normalized spacial score (nSPS) is 19.5. The summed E-state index contributed by atoms with van der Waals surface area (Å²) < 4.78 is 9.88. The molecule has 0 aromatic carbocycles. The monoisotopic (exact) mass is 187 g/mol. The molecule has 0 aromatic rings. The first kappa shape index (κ1) is 10.5. The Kier molecular flexibility index (Phi) is 4.78. The first-order chi connectivity index (χ1) is 6.33. The van der Waals surface area contributed by atoms with E-state index in [0.29, 0.717) is 6.42 Å². The highest BCUT2D eigenvalue weighted by Crippen LogP contribution is 2.00. The van der Waals surface area contributed by atoms with Crippen LogP contribution < -0.4 is 0 Å². The average molecular weight is 187 g/mol. The van der Waals surface area contributed by atoms with Gasteiger partial charge in [-0.2, -0.15) is 0 Å². The fourth-order valence-corrected chi connectivity index (χ4v) is 1.37. The molecule has 0 unspecified atom stereocenters. The molecule has 76 valence electrons. The summed E-state index contributed by atoms with van der Waals surface area (Å²) >= 11 is 0. The Balaban J connectivity index is 2.15. The molecule has 0 N–H and O–H groups in total. The van der Waals surface area contributed by atoms with Crippen LogP contribution >= 0.6 is 0 Å². The van der Waals surface area contributed by atoms with Crippen molar-refractivity contribution in [1.82, 2.24) is 4.90 Å². The van der Waals surface area contributed by atoms with Crippen LogP contribution in [-0.2, 0) is 14.3 Å². The molecule has 1 aliphatic rings. The molecule has 0 saturated carbocycles. The molecule has 0 amide bonds. The van der Waals surface area contributed by atoms with Crippen molar-refractivity contribution in [2.24, 2.45) is 0 Å². The summed E-state index contributed by atoms with van der Waals surface area (Å²) in [6, 6.07) is 0. The summed E-state index contributed by atoms with van der Waals surface area (Å²) in [6.45, 7) is 4.36. The lowest BCUT2D eigenvalue weighted by Gasteiger charge is -2.17. The fourth-order valence-electron chi connectivity index (χ4n) is 1.37. The average Bonchev–Trinajstić information content (AvgIpc) is 2.42. The van der Waals surface area contributed by atoms with Crippen LogP contribution in [0.25, 0.3) is 0 Å². The van der Waals surface area contributed by atoms with Gasteiger partial charge in [-0.1, -0.05) is 0 Å². The standard InChI is InChI=1S/C9H17NO3/c1-12-9(11)3-5-10-4-2-7-13-8-6-10/h2-8H2,1H3. The van der Waals surface area contributed by atoms with Crippen molar-refractivity contribution in [3.05, 3.63) is 0 Å². The minimum atomic E-state index is -0.134. The Morgan fingerprint density at radius 3 is 3.08 bits per heavy atom. The SMILES string of the molecule is COC(=O)CCN1CCCOCC1. The number of methoxy groups -OCH3 is 1. The number of hydrogen-bond acceptors (Lipinski definition) is 4. The Bertz CT molecular complexity index is 153. The van der Waals surface area contributed by atoms with Crippen molar-refractivity contribution in [2.45, 2.75) is 12.8 Å². The maximum atomic E-state index is 10.9. The van der Waals surface area contributed by atoms with Gasteiger partial charge < -0.3 is 14.4 Å². The topological polar surface area (TPSA) is 38.8 Å². The molecule has 0 atom stereocenters. The molecule has 13 heavy (non-hydrogen) atoms. The van der Waals surface area contributed by atoms with E-state index in [9.17, 15) is 4.79 Å². The number of carbonyl (C=O) groups excluding carboxylic acids is 1. The van der Waals surface area contributed by atoms with Crippen LogP contribution in [0.2, 0.25) is 0 Å². The summed E-state index contributed by atoms with van der Waals surface area (Å²) in [7, 11) is 1.42. The van der Waals surface area contributed by atoms with Crippen LogP contribution in [0.3, 0.4) is 0 Å². The predicted molar refractivity (Wildman–Crippen MR) is 48.5 cm³/mol. The first-order valence-electron chi connectivity index (χ1n) is 4.70. The molecule has 4 nitrogen and oxygen atoms in total. The molecular formula is C9H17NO3. The molecule has 0 spiro atoms. The molecule has 0 aromatic heterocycles. The molecule has 1 heterocycles. The highest BCUT2D eigenvalue weighted by Gasteiger charge is 2.10. The van der Waals surface area contributed by atoms with Crippen LogP contribution in [0.15, 0.2) is 0 Å². The Labute approximate surface area is 78.8 Å². The van der Waals surface area contributed by atoms with Crippen molar-refractivity contribution in [3.63, 3.8) is 0 Å². The lowest BCUT2D eigenvalue weighted by atomic mass is 10.3. The van der Waals surface area contributed by atoms with Gasteiger partial charge in [-0.3, -0.25) is 4.79 Å². The van der Waals surface area contributed by atoms with Crippen LogP contribution in [-0.4, -0.2) is 50.8 Å². The lowest BCUT2D eigenvalue weighted by molar-refractivity contribution is -0.141. The number of ether oxygens (including phenoxy) is 2. The van der Waals surface area contributed by atoms with Gasteiger partial charge >= 0.3 is 5.97 Å². The molecule has 1 saturated heterocycles. The zero-order chi connectivity index (χ0) is 9.52. The van der Waals surface area contributed by atoms with E-state index in [0.717, 1.165) is 39.3 Å². The third kappa shape index (κ3) is 4.24.